The summed E-state index contributed by atoms with van der Waals surface area (Å²) >= 11 is 0. The molecule has 1 saturated heterocycles. The van der Waals surface area contributed by atoms with Gasteiger partial charge in [-0.3, -0.25) is 9.69 Å². The smallest absolute Gasteiger partial charge is 0.223 e. The van der Waals surface area contributed by atoms with Crippen LogP contribution in [-0.2, 0) is 21.1 Å². The Kier molecular flexibility index (Phi) is 6.18. The number of carbonyl (C=O) groups is 1. The van der Waals surface area contributed by atoms with Crippen LogP contribution in [0.3, 0.4) is 0 Å². The van der Waals surface area contributed by atoms with E-state index in [9.17, 15) is 13.2 Å². The summed E-state index contributed by atoms with van der Waals surface area (Å²) in [6.07, 6.45) is 0.730. The highest BCUT2D eigenvalue weighted by Crippen LogP contribution is 2.10. The van der Waals surface area contributed by atoms with E-state index in [1.807, 2.05) is 13.8 Å². The van der Waals surface area contributed by atoms with Gasteiger partial charge in [-0.25, -0.2) is 8.42 Å². The monoisotopic (exact) mass is 338 g/mol. The standard InChI is InChI=1S/C17H26N2O3S/c1-14-3-5-16(6-4-14)13-15(2)17(20)18-7-8-19-9-11-23(21,22)12-10-19/h3-6,15H,7-13H2,1-2H3,(H,18,20). The second-order valence-electron chi connectivity index (χ2n) is 6.38. The Bertz CT molecular complexity index is 612. The van der Waals surface area contributed by atoms with E-state index in [1.165, 1.54) is 11.1 Å². The highest BCUT2D eigenvalue weighted by molar-refractivity contribution is 7.91. The van der Waals surface area contributed by atoms with E-state index in [-0.39, 0.29) is 23.3 Å². The zero-order chi connectivity index (χ0) is 16.9. The number of carbonyl (C=O) groups excluding carboxylic acids is 1. The number of aryl methyl sites for hydroxylation is 1. The first-order valence-corrected chi connectivity index (χ1v) is 9.94. The maximum absolute atomic E-state index is 12.1. The van der Waals surface area contributed by atoms with Crippen molar-refractivity contribution >= 4 is 15.7 Å². The van der Waals surface area contributed by atoms with Gasteiger partial charge in [0.15, 0.2) is 9.84 Å². The average Bonchev–Trinajstić information content (AvgIpc) is 2.51. The summed E-state index contributed by atoms with van der Waals surface area (Å²) in [5, 5.41) is 2.95. The SMILES string of the molecule is Cc1ccc(CC(C)C(=O)NCCN2CCS(=O)(=O)CC2)cc1. The highest BCUT2D eigenvalue weighted by Gasteiger charge is 2.21. The van der Waals surface area contributed by atoms with E-state index in [0.717, 1.165) is 6.42 Å². The van der Waals surface area contributed by atoms with Crippen LogP contribution < -0.4 is 5.32 Å². The molecule has 1 unspecified atom stereocenters. The number of benzene rings is 1. The molecule has 0 aromatic heterocycles. The predicted molar refractivity (Wildman–Crippen MR) is 92.2 cm³/mol. The van der Waals surface area contributed by atoms with Gasteiger partial charge in [-0.15, -0.1) is 0 Å². The maximum atomic E-state index is 12.1. The molecule has 0 radical (unpaired) electrons. The molecule has 0 saturated carbocycles. The Labute approximate surface area is 139 Å². The molecule has 128 valence electrons. The normalized spacial score (nSPS) is 19.2. The predicted octanol–water partition coefficient (Wildman–Crippen LogP) is 1.02. The van der Waals surface area contributed by atoms with Crippen molar-refractivity contribution in [3.63, 3.8) is 0 Å². The van der Waals surface area contributed by atoms with Gasteiger partial charge in [0.1, 0.15) is 0 Å². The lowest BCUT2D eigenvalue weighted by Gasteiger charge is -2.26. The van der Waals surface area contributed by atoms with Crippen LogP contribution in [0.5, 0.6) is 0 Å². The van der Waals surface area contributed by atoms with Crippen LogP contribution in [0, 0.1) is 12.8 Å². The lowest BCUT2D eigenvalue weighted by Crippen LogP contribution is -2.44. The van der Waals surface area contributed by atoms with Crippen molar-refractivity contribution in [1.29, 1.82) is 0 Å². The number of nitrogens with zero attached hydrogens (tertiary/aromatic N) is 1. The van der Waals surface area contributed by atoms with Crippen molar-refractivity contribution < 1.29 is 13.2 Å². The molecular weight excluding hydrogens is 312 g/mol. The van der Waals surface area contributed by atoms with Gasteiger partial charge in [-0.05, 0) is 18.9 Å². The summed E-state index contributed by atoms with van der Waals surface area (Å²) in [4.78, 5) is 14.2. The number of sulfone groups is 1. The Hall–Kier alpha value is -1.40. The van der Waals surface area contributed by atoms with Gasteiger partial charge in [0.25, 0.3) is 0 Å². The fraction of sp³-hybridized carbons (Fsp3) is 0.588. The maximum Gasteiger partial charge on any atom is 0.223 e. The van der Waals surface area contributed by atoms with Crippen LogP contribution in [-0.4, -0.2) is 56.9 Å². The second kappa shape index (κ2) is 7.93. The summed E-state index contributed by atoms with van der Waals surface area (Å²) in [6, 6.07) is 8.25. The molecule has 1 amide bonds. The Balaban J connectivity index is 1.69. The fourth-order valence-electron chi connectivity index (χ4n) is 2.66. The van der Waals surface area contributed by atoms with Gasteiger partial charge in [-0.1, -0.05) is 36.8 Å². The van der Waals surface area contributed by atoms with Gasteiger partial charge in [0.05, 0.1) is 11.5 Å². The van der Waals surface area contributed by atoms with Crippen molar-refractivity contribution in [3.05, 3.63) is 35.4 Å². The first kappa shape index (κ1) is 17.9. The third-order valence-corrected chi connectivity index (χ3v) is 5.88. The third kappa shape index (κ3) is 5.95. The summed E-state index contributed by atoms with van der Waals surface area (Å²) in [5.74, 6) is 0.435. The summed E-state index contributed by atoms with van der Waals surface area (Å²) in [7, 11) is -2.84. The second-order valence-corrected chi connectivity index (χ2v) is 8.68. The quantitative estimate of drug-likeness (QED) is 0.841. The van der Waals surface area contributed by atoms with Crippen LogP contribution in [0.2, 0.25) is 0 Å². The molecular formula is C17H26N2O3S. The van der Waals surface area contributed by atoms with Crippen LogP contribution >= 0.6 is 0 Å². The molecule has 1 atom stereocenters. The number of amides is 1. The minimum absolute atomic E-state index is 0.0511. The zero-order valence-electron chi connectivity index (χ0n) is 13.9. The number of hydrogen-bond donors (Lipinski definition) is 1. The zero-order valence-corrected chi connectivity index (χ0v) is 14.7. The van der Waals surface area contributed by atoms with E-state index >= 15 is 0 Å². The Morgan fingerprint density at radius 2 is 1.83 bits per heavy atom. The Morgan fingerprint density at radius 3 is 2.43 bits per heavy atom. The van der Waals surface area contributed by atoms with Crippen molar-refractivity contribution in [2.24, 2.45) is 5.92 Å². The van der Waals surface area contributed by atoms with Gasteiger partial charge in [0, 0.05) is 32.1 Å². The van der Waals surface area contributed by atoms with Gasteiger partial charge in [-0.2, -0.15) is 0 Å². The molecule has 1 aromatic rings. The van der Waals surface area contributed by atoms with E-state index in [4.69, 9.17) is 0 Å². The van der Waals surface area contributed by atoms with Crippen LogP contribution in [0.25, 0.3) is 0 Å². The molecule has 0 bridgehead atoms. The lowest BCUT2D eigenvalue weighted by molar-refractivity contribution is -0.124. The summed E-state index contributed by atoms with van der Waals surface area (Å²) in [5.41, 5.74) is 2.38. The molecule has 2 rings (SSSR count). The van der Waals surface area contributed by atoms with Crippen LogP contribution in [0.1, 0.15) is 18.1 Å². The first-order valence-electron chi connectivity index (χ1n) is 8.12. The molecule has 1 N–H and O–H groups in total. The molecule has 23 heavy (non-hydrogen) atoms. The molecule has 6 heteroatoms. The van der Waals surface area contributed by atoms with Crippen molar-refractivity contribution in [3.8, 4) is 0 Å². The highest BCUT2D eigenvalue weighted by atomic mass is 32.2. The van der Waals surface area contributed by atoms with Gasteiger partial charge >= 0.3 is 0 Å². The first-order chi connectivity index (χ1) is 10.9. The molecule has 0 aliphatic carbocycles. The molecule has 1 aliphatic heterocycles. The number of hydrogen-bond acceptors (Lipinski definition) is 4. The topological polar surface area (TPSA) is 66.5 Å². The van der Waals surface area contributed by atoms with Gasteiger partial charge < -0.3 is 5.32 Å². The number of rotatable bonds is 6. The van der Waals surface area contributed by atoms with Crippen LogP contribution in [0.15, 0.2) is 24.3 Å². The van der Waals surface area contributed by atoms with E-state index in [2.05, 4.69) is 34.5 Å². The third-order valence-electron chi connectivity index (χ3n) is 4.27. The number of nitrogens with one attached hydrogen (secondary N) is 1. The van der Waals surface area contributed by atoms with E-state index in [0.29, 0.717) is 26.2 Å². The summed E-state index contributed by atoms with van der Waals surface area (Å²) < 4.78 is 22.7. The molecule has 0 spiro atoms. The minimum atomic E-state index is -2.84. The molecule has 1 fully saturated rings. The van der Waals surface area contributed by atoms with Crippen molar-refractivity contribution in [1.82, 2.24) is 10.2 Å². The van der Waals surface area contributed by atoms with Crippen LogP contribution in [0.4, 0.5) is 0 Å². The molecule has 5 nitrogen and oxygen atoms in total. The molecule has 1 aliphatic rings. The van der Waals surface area contributed by atoms with Crippen molar-refractivity contribution in [2.75, 3.05) is 37.7 Å². The fourth-order valence-corrected chi connectivity index (χ4v) is 3.93. The Morgan fingerprint density at radius 1 is 1.22 bits per heavy atom. The van der Waals surface area contributed by atoms with E-state index < -0.39 is 9.84 Å². The molecule has 1 aromatic carbocycles. The summed E-state index contributed by atoms with van der Waals surface area (Å²) in [6.45, 7) is 6.39. The van der Waals surface area contributed by atoms with Gasteiger partial charge in [0.2, 0.25) is 5.91 Å². The molecule has 1 heterocycles. The lowest BCUT2D eigenvalue weighted by atomic mass is 9.99. The average molecular weight is 338 g/mol. The van der Waals surface area contributed by atoms with Crippen molar-refractivity contribution in [2.45, 2.75) is 20.3 Å². The largest absolute Gasteiger partial charge is 0.355 e. The van der Waals surface area contributed by atoms with E-state index in [1.54, 1.807) is 0 Å². The minimum Gasteiger partial charge on any atom is -0.355 e.